The highest BCUT2D eigenvalue weighted by molar-refractivity contribution is 9.10. The molecule has 0 aliphatic carbocycles. The van der Waals surface area contributed by atoms with Gasteiger partial charge in [0, 0.05) is 12.4 Å². The topological polar surface area (TPSA) is 70.3 Å². The fourth-order valence-electron chi connectivity index (χ4n) is 1.48. The normalized spacial score (nSPS) is 10.3. The van der Waals surface area contributed by atoms with Crippen molar-refractivity contribution in [1.29, 1.82) is 0 Å². The van der Waals surface area contributed by atoms with Crippen molar-refractivity contribution >= 4 is 15.9 Å². The Balaban J connectivity index is 2.12. The molecule has 6 heteroatoms. The third kappa shape index (κ3) is 3.65. The number of nitrogens with zero attached hydrogens (tertiary/aromatic N) is 2. The summed E-state index contributed by atoms with van der Waals surface area (Å²) < 4.78 is 11.5. The van der Waals surface area contributed by atoms with Gasteiger partial charge in [-0.2, -0.15) is 0 Å². The van der Waals surface area contributed by atoms with Crippen LogP contribution in [-0.4, -0.2) is 23.6 Å². The van der Waals surface area contributed by atoms with E-state index in [0.29, 0.717) is 18.3 Å². The van der Waals surface area contributed by atoms with Gasteiger partial charge in [0.1, 0.15) is 11.5 Å². The first-order valence-electron chi connectivity index (χ1n) is 5.75. The minimum atomic E-state index is 0.298. The van der Waals surface area contributed by atoms with E-state index in [1.165, 1.54) is 0 Å². The first-order chi connectivity index (χ1) is 9.22. The van der Waals surface area contributed by atoms with Gasteiger partial charge in [0.05, 0.1) is 11.6 Å². The summed E-state index contributed by atoms with van der Waals surface area (Å²) in [6, 6.07) is 5.72. The molecule has 0 aliphatic heterocycles. The van der Waals surface area contributed by atoms with E-state index in [1.807, 2.05) is 12.1 Å². The van der Waals surface area contributed by atoms with E-state index in [9.17, 15) is 0 Å². The molecule has 0 spiro atoms. The van der Waals surface area contributed by atoms with Gasteiger partial charge in [0.2, 0.25) is 0 Å². The maximum Gasteiger partial charge on any atom is 0.321 e. The van der Waals surface area contributed by atoms with Crippen molar-refractivity contribution in [3.63, 3.8) is 0 Å². The Labute approximate surface area is 119 Å². The Morgan fingerprint density at radius 3 is 2.58 bits per heavy atom. The highest BCUT2D eigenvalue weighted by atomic mass is 79.9. The van der Waals surface area contributed by atoms with Gasteiger partial charge in [-0.05, 0) is 52.7 Å². The molecular formula is C13H14BrN3O2. The summed E-state index contributed by atoms with van der Waals surface area (Å²) in [6.07, 6.45) is 4.19. The SMILES string of the molecule is COc1ccc(Oc2ncc(CCN)cn2)c(Br)c1. The molecule has 0 amide bonds. The molecule has 1 aromatic carbocycles. The van der Waals surface area contributed by atoms with Gasteiger partial charge in [-0.1, -0.05) is 0 Å². The Bertz CT molecular complexity index is 546. The second-order valence-electron chi connectivity index (χ2n) is 3.81. The molecule has 1 heterocycles. The van der Waals surface area contributed by atoms with E-state index in [2.05, 4.69) is 25.9 Å². The Morgan fingerprint density at radius 2 is 2.00 bits per heavy atom. The number of hydrogen-bond donors (Lipinski definition) is 1. The van der Waals surface area contributed by atoms with Crippen molar-refractivity contribution in [1.82, 2.24) is 9.97 Å². The van der Waals surface area contributed by atoms with Crippen LogP contribution in [0.25, 0.3) is 0 Å². The van der Waals surface area contributed by atoms with Gasteiger partial charge in [-0.15, -0.1) is 0 Å². The molecule has 2 aromatic rings. The van der Waals surface area contributed by atoms with E-state index in [1.54, 1.807) is 25.6 Å². The molecule has 0 atom stereocenters. The predicted molar refractivity (Wildman–Crippen MR) is 75.6 cm³/mol. The lowest BCUT2D eigenvalue weighted by molar-refractivity contribution is 0.409. The number of hydrogen-bond acceptors (Lipinski definition) is 5. The monoisotopic (exact) mass is 323 g/mol. The molecule has 100 valence electrons. The molecule has 19 heavy (non-hydrogen) atoms. The summed E-state index contributed by atoms with van der Waals surface area (Å²) in [7, 11) is 1.61. The van der Waals surface area contributed by atoms with Gasteiger partial charge in [-0.3, -0.25) is 0 Å². The Kier molecular flexibility index (Phi) is 4.70. The number of methoxy groups -OCH3 is 1. The fraction of sp³-hybridized carbons (Fsp3) is 0.231. The van der Waals surface area contributed by atoms with Gasteiger partial charge in [0.15, 0.2) is 0 Å². The van der Waals surface area contributed by atoms with Gasteiger partial charge in [0.25, 0.3) is 0 Å². The average Bonchev–Trinajstić information content (AvgIpc) is 2.43. The molecule has 0 unspecified atom stereocenters. The number of aromatic nitrogens is 2. The van der Waals surface area contributed by atoms with Crippen LogP contribution < -0.4 is 15.2 Å². The zero-order valence-electron chi connectivity index (χ0n) is 10.5. The van der Waals surface area contributed by atoms with Crippen LogP contribution in [0, 0.1) is 0 Å². The van der Waals surface area contributed by atoms with Gasteiger partial charge in [-0.25, -0.2) is 9.97 Å². The second kappa shape index (κ2) is 6.49. The molecule has 0 bridgehead atoms. The van der Waals surface area contributed by atoms with Crippen LogP contribution >= 0.6 is 15.9 Å². The fourth-order valence-corrected chi connectivity index (χ4v) is 1.92. The Morgan fingerprint density at radius 1 is 1.26 bits per heavy atom. The standard InChI is InChI=1S/C13H14BrN3O2/c1-18-10-2-3-12(11(14)6-10)19-13-16-7-9(4-5-15)8-17-13/h2-3,6-8H,4-5,15H2,1H3. The zero-order valence-corrected chi connectivity index (χ0v) is 12.1. The summed E-state index contributed by atoms with van der Waals surface area (Å²) in [5, 5.41) is 0. The number of halogens is 1. The summed E-state index contributed by atoms with van der Waals surface area (Å²) in [5.41, 5.74) is 6.45. The number of rotatable bonds is 5. The van der Waals surface area contributed by atoms with Crippen molar-refractivity contribution in [2.75, 3.05) is 13.7 Å². The van der Waals surface area contributed by atoms with E-state index >= 15 is 0 Å². The number of ether oxygens (including phenoxy) is 2. The van der Waals surface area contributed by atoms with Crippen LogP contribution in [0.4, 0.5) is 0 Å². The summed E-state index contributed by atoms with van der Waals surface area (Å²) in [5.74, 6) is 1.38. The molecule has 0 aliphatic rings. The van der Waals surface area contributed by atoms with Crippen LogP contribution in [0.1, 0.15) is 5.56 Å². The van der Waals surface area contributed by atoms with E-state index in [-0.39, 0.29) is 0 Å². The van der Waals surface area contributed by atoms with Crippen molar-refractivity contribution in [3.8, 4) is 17.5 Å². The lowest BCUT2D eigenvalue weighted by Crippen LogP contribution is -2.03. The molecule has 2 rings (SSSR count). The largest absolute Gasteiger partial charge is 0.497 e. The lowest BCUT2D eigenvalue weighted by Gasteiger charge is -2.07. The van der Waals surface area contributed by atoms with Crippen LogP contribution in [0.2, 0.25) is 0 Å². The summed E-state index contributed by atoms with van der Waals surface area (Å²) in [6.45, 7) is 0.577. The summed E-state index contributed by atoms with van der Waals surface area (Å²) in [4.78, 5) is 8.27. The van der Waals surface area contributed by atoms with Crippen molar-refractivity contribution < 1.29 is 9.47 Å². The van der Waals surface area contributed by atoms with E-state index in [0.717, 1.165) is 22.2 Å². The molecular weight excluding hydrogens is 310 g/mol. The average molecular weight is 324 g/mol. The molecule has 0 fully saturated rings. The molecule has 0 saturated carbocycles. The van der Waals surface area contributed by atoms with Crippen molar-refractivity contribution in [2.45, 2.75) is 6.42 Å². The number of nitrogens with two attached hydrogens (primary N) is 1. The Hall–Kier alpha value is -1.66. The maximum absolute atomic E-state index is 5.59. The first-order valence-corrected chi connectivity index (χ1v) is 6.54. The smallest absolute Gasteiger partial charge is 0.321 e. The number of benzene rings is 1. The van der Waals surface area contributed by atoms with Crippen molar-refractivity contribution in [2.24, 2.45) is 5.73 Å². The third-order valence-electron chi connectivity index (χ3n) is 2.45. The van der Waals surface area contributed by atoms with Crippen molar-refractivity contribution in [3.05, 3.63) is 40.6 Å². The molecule has 1 aromatic heterocycles. The molecule has 2 N–H and O–H groups in total. The van der Waals surface area contributed by atoms with Crippen LogP contribution in [0.3, 0.4) is 0 Å². The van der Waals surface area contributed by atoms with Gasteiger partial charge >= 0.3 is 6.01 Å². The van der Waals surface area contributed by atoms with Crippen LogP contribution in [0.5, 0.6) is 17.5 Å². The molecule has 0 saturated heterocycles. The zero-order chi connectivity index (χ0) is 13.7. The predicted octanol–water partition coefficient (Wildman–Crippen LogP) is 2.54. The molecule has 0 radical (unpaired) electrons. The highest BCUT2D eigenvalue weighted by Crippen LogP contribution is 2.31. The molecule has 5 nitrogen and oxygen atoms in total. The third-order valence-corrected chi connectivity index (χ3v) is 3.07. The van der Waals surface area contributed by atoms with Crippen LogP contribution in [-0.2, 0) is 6.42 Å². The second-order valence-corrected chi connectivity index (χ2v) is 4.67. The van der Waals surface area contributed by atoms with E-state index < -0.39 is 0 Å². The van der Waals surface area contributed by atoms with Gasteiger partial charge < -0.3 is 15.2 Å². The quantitative estimate of drug-likeness (QED) is 0.915. The summed E-state index contributed by atoms with van der Waals surface area (Å²) >= 11 is 3.41. The minimum absolute atomic E-state index is 0.298. The lowest BCUT2D eigenvalue weighted by atomic mass is 10.2. The highest BCUT2D eigenvalue weighted by Gasteiger charge is 2.06. The van der Waals surface area contributed by atoms with E-state index in [4.69, 9.17) is 15.2 Å². The maximum atomic E-state index is 5.59. The minimum Gasteiger partial charge on any atom is -0.497 e. The van der Waals surface area contributed by atoms with Crippen LogP contribution in [0.15, 0.2) is 35.1 Å². The first kappa shape index (κ1) is 13.8.